The smallest absolute Gasteiger partial charge is 0.273 e. The van der Waals surface area contributed by atoms with Crippen molar-refractivity contribution in [3.63, 3.8) is 0 Å². The van der Waals surface area contributed by atoms with E-state index < -0.39 is 0 Å². The van der Waals surface area contributed by atoms with Gasteiger partial charge in [-0.25, -0.2) is 4.68 Å². The summed E-state index contributed by atoms with van der Waals surface area (Å²) in [6.07, 6.45) is 4.14. The normalized spacial score (nSPS) is 13.8. The van der Waals surface area contributed by atoms with Crippen LogP contribution < -0.4 is 5.32 Å². The maximum Gasteiger partial charge on any atom is 0.273 e. The van der Waals surface area contributed by atoms with Crippen molar-refractivity contribution in [3.8, 4) is 0 Å². The van der Waals surface area contributed by atoms with Gasteiger partial charge in [0.2, 0.25) is 0 Å². The van der Waals surface area contributed by atoms with Crippen LogP contribution in [0.1, 0.15) is 40.5 Å². The van der Waals surface area contributed by atoms with Crippen LogP contribution in [0, 0.1) is 5.92 Å². The van der Waals surface area contributed by atoms with Gasteiger partial charge in [-0.15, -0.1) is 5.10 Å². The fourth-order valence-corrected chi connectivity index (χ4v) is 2.93. The van der Waals surface area contributed by atoms with Crippen LogP contribution in [0.4, 0.5) is 0 Å². The van der Waals surface area contributed by atoms with E-state index in [1.54, 1.807) is 10.9 Å². The first-order chi connectivity index (χ1) is 12.3. The molecule has 0 atom stereocenters. The number of rotatable bonds is 6. The third-order valence-corrected chi connectivity index (χ3v) is 4.49. The van der Waals surface area contributed by atoms with Crippen molar-refractivity contribution >= 4 is 5.91 Å². The topological polar surface area (TPSA) is 59.8 Å². The summed E-state index contributed by atoms with van der Waals surface area (Å²) in [6, 6.07) is 20.1. The lowest BCUT2D eigenvalue weighted by Gasteiger charge is -2.17. The first kappa shape index (κ1) is 15.6. The lowest BCUT2D eigenvalue weighted by molar-refractivity contribution is 0.0946. The van der Waals surface area contributed by atoms with Gasteiger partial charge in [-0.1, -0.05) is 65.9 Å². The quantitative estimate of drug-likeness (QED) is 0.755. The van der Waals surface area contributed by atoms with Gasteiger partial charge < -0.3 is 5.32 Å². The Labute approximate surface area is 146 Å². The van der Waals surface area contributed by atoms with Crippen molar-refractivity contribution in [1.82, 2.24) is 20.3 Å². The minimum atomic E-state index is -0.155. The molecule has 1 N–H and O–H groups in total. The average molecular weight is 332 g/mol. The van der Waals surface area contributed by atoms with Gasteiger partial charge >= 0.3 is 0 Å². The molecule has 2 aromatic carbocycles. The van der Waals surface area contributed by atoms with Crippen LogP contribution in [0.2, 0.25) is 0 Å². The molecule has 5 nitrogen and oxygen atoms in total. The van der Waals surface area contributed by atoms with Crippen LogP contribution in [0.3, 0.4) is 0 Å². The third kappa shape index (κ3) is 3.60. The molecule has 1 amide bonds. The van der Waals surface area contributed by atoms with Crippen molar-refractivity contribution in [3.05, 3.63) is 83.7 Å². The average Bonchev–Trinajstić information content (AvgIpc) is 3.37. The van der Waals surface area contributed by atoms with Gasteiger partial charge in [0.1, 0.15) is 6.04 Å². The minimum Gasteiger partial charge on any atom is -0.350 e. The Morgan fingerprint density at radius 1 is 1.04 bits per heavy atom. The summed E-state index contributed by atoms with van der Waals surface area (Å²) in [5, 5.41) is 11.3. The largest absolute Gasteiger partial charge is 0.350 e. The Hall–Kier alpha value is -2.95. The van der Waals surface area contributed by atoms with E-state index in [9.17, 15) is 4.79 Å². The van der Waals surface area contributed by atoms with Crippen LogP contribution in [-0.4, -0.2) is 27.4 Å². The molecule has 1 aromatic heterocycles. The Bertz CT molecular complexity index is 801. The van der Waals surface area contributed by atoms with Crippen LogP contribution in [-0.2, 0) is 0 Å². The predicted molar refractivity (Wildman–Crippen MR) is 95.2 cm³/mol. The zero-order valence-electron chi connectivity index (χ0n) is 13.9. The molecule has 0 radical (unpaired) electrons. The summed E-state index contributed by atoms with van der Waals surface area (Å²) in [6.45, 7) is 0.729. The van der Waals surface area contributed by atoms with Gasteiger partial charge in [0.25, 0.3) is 5.91 Å². The number of carbonyl (C=O) groups is 1. The van der Waals surface area contributed by atoms with E-state index in [-0.39, 0.29) is 11.9 Å². The summed E-state index contributed by atoms with van der Waals surface area (Å²) in [4.78, 5) is 12.3. The minimum absolute atomic E-state index is 0.111. The summed E-state index contributed by atoms with van der Waals surface area (Å²) in [7, 11) is 0. The summed E-state index contributed by atoms with van der Waals surface area (Å²) in [5.74, 6) is 0.485. The zero-order chi connectivity index (χ0) is 17.1. The summed E-state index contributed by atoms with van der Waals surface area (Å²) >= 11 is 0. The van der Waals surface area contributed by atoms with E-state index in [4.69, 9.17) is 0 Å². The van der Waals surface area contributed by atoms with Crippen molar-refractivity contribution in [2.45, 2.75) is 18.9 Å². The molecule has 5 heteroatoms. The first-order valence-electron chi connectivity index (χ1n) is 8.61. The number of nitrogens with zero attached hydrogens (tertiary/aromatic N) is 3. The third-order valence-electron chi connectivity index (χ3n) is 4.49. The molecular formula is C20H20N4O. The monoisotopic (exact) mass is 332 g/mol. The van der Waals surface area contributed by atoms with E-state index in [1.807, 2.05) is 36.4 Å². The van der Waals surface area contributed by atoms with Gasteiger partial charge in [0, 0.05) is 6.54 Å². The number of amides is 1. The van der Waals surface area contributed by atoms with Crippen LogP contribution in [0.25, 0.3) is 0 Å². The highest BCUT2D eigenvalue weighted by molar-refractivity contribution is 5.91. The Kier molecular flexibility index (Phi) is 4.29. The Balaban J connectivity index is 1.62. The van der Waals surface area contributed by atoms with E-state index in [2.05, 4.69) is 39.9 Å². The number of hydrogen-bond donors (Lipinski definition) is 1. The number of aromatic nitrogens is 3. The number of benzene rings is 2. The highest BCUT2D eigenvalue weighted by atomic mass is 16.2. The molecule has 4 rings (SSSR count). The van der Waals surface area contributed by atoms with Crippen LogP contribution in [0.5, 0.6) is 0 Å². The van der Waals surface area contributed by atoms with Crippen molar-refractivity contribution in [1.29, 1.82) is 0 Å². The Morgan fingerprint density at radius 2 is 1.64 bits per heavy atom. The van der Waals surface area contributed by atoms with Crippen LogP contribution >= 0.6 is 0 Å². The maximum atomic E-state index is 12.3. The van der Waals surface area contributed by atoms with Crippen LogP contribution in [0.15, 0.2) is 66.9 Å². The molecule has 1 saturated carbocycles. The molecule has 1 heterocycles. The number of carbonyl (C=O) groups excluding carboxylic acids is 1. The molecule has 0 spiro atoms. The number of hydrogen-bond acceptors (Lipinski definition) is 3. The maximum absolute atomic E-state index is 12.3. The van der Waals surface area contributed by atoms with Gasteiger partial charge in [0.05, 0.1) is 6.20 Å². The Morgan fingerprint density at radius 3 is 2.20 bits per heavy atom. The van der Waals surface area contributed by atoms with Crippen molar-refractivity contribution in [2.75, 3.05) is 6.54 Å². The van der Waals surface area contributed by atoms with Gasteiger partial charge in [-0.3, -0.25) is 4.79 Å². The standard InChI is InChI=1S/C20H20N4O/c25-20(21-13-15-11-12-15)18-14-24(23-22-18)19(16-7-3-1-4-8-16)17-9-5-2-6-10-17/h1-10,14-15,19H,11-13H2,(H,21,25). The van der Waals surface area contributed by atoms with Crippen molar-refractivity contribution in [2.24, 2.45) is 5.92 Å². The fourth-order valence-electron chi connectivity index (χ4n) is 2.93. The van der Waals surface area contributed by atoms with Gasteiger partial charge in [-0.05, 0) is 29.9 Å². The first-order valence-corrected chi connectivity index (χ1v) is 8.61. The molecule has 0 saturated heterocycles. The molecule has 1 aliphatic carbocycles. The molecular weight excluding hydrogens is 312 g/mol. The van der Waals surface area contributed by atoms with E-state index in [0.29, 0.717) is 11.6 Å². The summed E-state index contributed by atoms with van der Waals surface area (Å²) < 4.78 is 1.76. The highest BCUT2D eigenvalue weighted by Gasteiger charge is 2.23. The molecule has 1 aliphatic rings. The van der Waals surface area contributed by atoms with Crippen molar-refractivity contribution < 1.29 is 4.79 Å². The molecule has 126 valence electrons. The molecule has 3 aromatic rings. The molecule has 0 aliphatic heterocycles. The molecule has 1 fully saturated rings. The van der Waals surface area contributed by atoms with E-state index >= 15 is 0 Å². The van der Waals surface area contributed by atoms with Gasteiger partial charge in [0.15, 0.2) is 5.69 Å². The second-order valence-electron chi connectivity index (χ2n) is 6.46. The molecule has 25 heavy (non-hydrogen) atoms. The van der Waals surface area contributed by atoms with Gasteiger partial charge in [-0.2, -0.15) is 0 Å². The molecule has 0 bridgehead atoms. The lowest BCUT2D eigenvalue weighted by atomic mass is 9.99. The van der Waals surface area contributed by atoms with E-state index in [1.165, 1.54) is 12.8 Å². The fraction of sp³-hybridized carbons (Fsp3) is 0.250. The zero-order valence-corrected chi connectivity index (χ0v) is 13.9. The predicted octanol–water partition coefficient (Wildman–Crippen LogP) is 3.06. The molecule has 0 unspecified atom stereocenters. The highest BCUT2D eigenvalue weighted by Crippen LogP contribution is 2.28. The second kappa shape index (κ2) is 6.89. The SMILES string of the molecule is O=C(NCC1CC1)c1cn(C(c2ccccc2)c2ccccc2)nn1. The van der Waals surface area contributed by atoms with E-state index in [0.717, 1.165) is 17.7 Å². The summed E-state index contributed by atoms with van der Waals surface area (Å²) in [5.41, 5.74) is 2.56. The number of nitrogens with one attached hydrogen (secondary N) is 1. The second-order valence-corrected chi connectivity index (χ2v) is 6.46. The lowest BCUT2D eigenvalue weighted by Crippen LogP contribution is -2.25.